The quantitative estimate of drug-likeness (QED) is 0.933. The van der Waals surface area contributed by atoms with Crippen LogP contribution >= 0.6 is 0 Å². The van der Waals surface area contributed by atoms with E-state index in [1.165, 1.54) is 24.3 Å². The van der Waals surface area contributed by atoms with Crippen molar-refractivity contribution in [2.45, 2.75) is 5.92 Å². The Morgan fingerprint density at radius 2 is 1.68 bits per heavy atom. The van der Waals surface area contributed by atoms with Gasteiger partial charge in [0.2, 0.25) is 5.91 Å². The number of amides is 1. The minimum absolute atomic E-state index is 0.385. The molecule has 0 aliphatic carbocycles. The second kappa shape index (κ2) is 6.94. The molecule has 2 atom stereocenters. The molecule has 0 saturated carbocycles. The van der Waals surface area contributed by atoms with Crippen molar-refractivity contribution in [3.8, 4) is 12.1 Å². The van der Waals surface area contributed by atoms with Crippen molar-refractivity contribution in [2.75, 3.05) is 0 Å². The van der Waals surface area contributed by atoms with Crippen LogP contribution in [0.3, 0.4) is 0 Å². The molecule has 6 heteroatoms. The van der Waals surface area contributed by atoms with Gasteiger partial charge in [0.05, 0.1) is 23.8 Å². The van der Waals surface area contributed by atoms with Crippen LogP contribution in [0, 0.1) is 40.3 Å². The number of carbonyl (C=O) groups excluding carboxylic acids is 1. The maximum atomic E-state index is 13.3. The lowest BCUT2D eigenvalue weighted by atomic mass is 9.74. The molecule has 0 fully saturated rings. The van der Waals surface area contributed by atoms with Gasteiger partial charge in [-0.1, -0.05) is 42.5 Å². The number of hydrazone groups is 1. The number of rotatable bonds is 4. The lowest BCUT2D eigenvalue weighted by Gasteiger charge is -2.24. The fourth-order valence-corrected chi connectivity index (χ4v) is 3.02. The molecule has 0 saturated heterocycles. The van der Waals surface area contributed by atoms with Gasteiger partial charge in [-0.05, 0) is 23.3 Å². The summed E-state index contributed by atoms with van der Waals surface area (Å²) in [6, 6.07) is 18.5. The number of halogens is 1. The van der Waals surface area contributed by atoms with Crippen LogP contribution in [0.1, 0.15) is 17.0 Å². The first kappa shape index (κ1) is 16.4. The highest BCUT2D eigenvalue weighted by molar-refractivity contribution is 6.16. The molecule has 3 rings (SSSR count). The molecule has 0 unspecified atom stereocenters. The van der Waals surface area contributed by atoms with Crippen LogP contribution in [0.15, 0.2) is 59.7 Å². The smallest absolute Gasteiger partial charge is 0.250 e. The molecular formula is C19H13FN4O. The number of hydrogen-bond donors (Lipinski definition) is 1. The van der Waals surface area contributed by atoms with Gasteiger partial charge in [-0.15, -0.1) is 0 Å². The van der Waals surface area contributed by atoms with Gasteiger partial charge in [0.1, 0.15) is 11.7 Å². The van der Waals surface area contributed by atoms with Crippen molar-refractivity contribution < 1.29 is 9.18 Å². The van der Waals surface area contributed by atoms with Gasteiger partial charge in [0, 0.05) is 5.92 Å². The molecule has 2 aromatic rings. The first-order valence-corrected chi connectivity index (χ1v) is 7.63. The van der Waals surface area contributed by atoms with Gasteiger partial charge in [0.25, 0.3) is 0 Å². The van der Waals surface area contributed by atoms with E-state index in [1.807, 2.05) is 42.5 Å². The Bertz CT molecular complexity index is 880. The highest BCUT2D eigenvalue weighted by atomic mass is 19.1. The van der Waals surface area contributed by atoms with Gasteiger partial charge < -0.3 is 0 Å². The first-order valence-electron chi connectivity index (χ1n) is 7.63. The zero-order valence-corrected chi connectivity index (χ0v) is 13.1. The topological polar surface area (TPSA) is 89.0 Å². The molecule has 0 bridgehead atoms. The van der Waals surface area contributed by atoms with Crippen LogP contribution in [-0.4, -0.2) is 11.6 Å². The highest BCUT2D eigenvalue weighted by Crippen LogP contribution is 2.36. The third-order valence-electron chi connectivity index (χ3n) is 4.18. The maximum absolute atomic E-state index is 13.3. The summed E-state index contributed by atoms with van der Waals surface area (Å²) in [5.41, 5.74) is 4.18. The van der Waals surface area contributed by atoms with Crippen molar-refractivity contribution in [3.05, 3.63) is 71.5 Å². The van der Waals surface area contributed by atoms with E-state index in [9.17, 15) is 19.7 Å². The molecule has 1 heterocycles. The summed E-state index contributed by atoms with van der Waals surface area (Å²) >= 11 is 0. The third kappa shape index (κ3) is 3.11. The lowest BCUT2D eigenvalue weighted by molar-refractivity contribution is -0.122. The van der Waals surface area contributed by atoms with Crippen molar-refractivity contribution in [1.82, 2.24) is 5.43 Å². The largest absolute Gasteiger partial charge is 0.272 e. The zero-order valence-electron chi connectivity index (χ0n) is 13.1. The second-order valence-corrected chi connectivity index (χ2v) is 5.63. The average molecular weight is 332 g/mol. The number of benzene rings is 2. The Hall–Kier alpha value is -3.51. The minimum Gasteiger partial charge on any atom is -0.272 e. The van der Waals surface area contributed by atoms with Gasteiger partial charge >= 0.3 is 0 Å². The summed E-state index contributed by atoms with van der Waals surface area (Å²) in [4.78, 5) is 12.5. The normalized spacial score (nSPS) is 17.4. The van der Waals surface area contributed by atoms with E-state index >= 15 is 0 Å². The van der Waals surface area contributed by atoms with Gasteiger partial charge in [-0.2, -0.15) is 15.6 Å². The monoisotopic (exact) mass is 332 g/mol. The number of nitrogens with one attached hydrogen (secondary N) is 1. The molecule has 0 radical (unpaired) electrons. The molecule has 0 spiro atoms. The molecule has 122 valence electrons. The molecule has 1 amide bonds. The summed E-state index contributed by atoms with van der Waals surface area (Å²) in [6.45, 7) is 0. The highest BCUT2D eigenvalue weighted by Gasteiger charge is 2.42. The fourth-order valence-electron chi connectivity index (χ4n) is 3.02. The third-order valence-corrected chi connectivity index (χ3v) is 4.18. The second-order valence-electron chi connectivity index (χ2n) is 5.63. The molecule has 25 heavy (non-hydrogen) atoms. The first-order chi connectivity index (χ1) is 12.2. The predicted molar refractivity (Wildman–Crippen MR) is 88.5 cm³/mol. The summed E-state index contributed by atoms with van der Waals surface area (Å²) in [5, 5.41) is 22.9. The molecule has 2 aromatic carbocycles. The molecule has 1 aliphatic rings. The summed E-state index contributed by atoms with van der Waals surface area (Å²) in [7, 11) is 0. The summed E-state index contributed by atoms with van der Waals surface area (Å²) in [6.07, 6.45) is 0. The number of nitriles is 2. The standard InChI is InChI=1S/C19H13FN4O/c20-15-8-6-12(7-9-15)16(14(10-21)11-22)17-18(23-24-19(17)25)13-4-2-1-3-5-13/h1-9,14,16-17H,(H,24,25)/t16-,17-/m1/s1. The Balaban J connectivity index is 2.10. The van der Waals surface area contributed by atoms with Crippen molar-refractivity contribution in [2.24, 2.45) is 16.9 Å². The molecular weight excluding hydrogens is 319 g/mol. The van der Waals surface area contributed by atoms with E-state index in [4.69, 9.17) is 0 Å². The van der Waals surface area contributed by atoms with Crippen LogP contribution in [0.4, 0.5) is 4.39 Å². The number of carbonyl (C=O) groups is 1. The lowest BCUT2D eigenvalue weighted by Crippen LogP contribution is -2.33. The molecule has 0 aromatic heterocycles. The predicted octanol–water partition coefficient (Wildman–Crippen LogP) is 2.72. The van der Waals surface area contributed by atoms with Crippen molar-refractivity contribution in [1.29, 1.82) is 10.5 Å². The van der Waals surface area contributed by atoms with E-state index < -0.39 is 23.6 Å². The summed E-state index contributed by atoms with van der Waals surface area (Å²) < 4.78 is 13.3. The zero-order chi connectivity index (χ0) is 17.8. The van der Waals surface area contributed by atoms with Crippen molar-refractivity contribution in [3.63, 3.8) is 0 Å². The number of hydrogen-bond acceptors (Lipinski definition) is 4. The molecule has 5 nitrogen and oxygen atoms in total. The molecule has 1 N–H and O–H groups in total. The SMILES string of the molecule is N#CC(C#N)[C@@H](c1ccc(F)cc1)[C@H]1C(=O)NN=C1c1ccccc1. The Kier molecular flexibility index (Phi) is 4.54. The van der Waals surface area contributed by atoms with Crippen LogP contribution in [-0.2, 0) is 4.79 Å². The Labute approximate surface area is 144 Å². The van der Waals surface area contributed by atoms with E-state index in [0.717, 1.165) is 5.56 Å². The molecule has 1 aliphatic heterocycles. The Morgan fingerprint density at radius 1 is 1.04 bits per heavy atom. The van der Waals surface area contributed by atoms with Gasteiger partial charge in [-0.3, -0.25) is 4.79 Å². The minimum atomic E-state index is -1.08. The van der Waals surface area contributed by atoms with Crippen LogP contribution < -0.4 is 5.43 Å². The Morgan fingerprint density at radius 3 is 2.28 bits per heavy atom. The van der Waals surface area contributed by atoms with Crippen LogP contribution in [0.2, 0.25) is 0 Å². The van der Waals surface area contributed by atoms with Crippen LogP contribution in [0.5, 0.6) is 0 Å². The van der Waals surface area contributed by atoms with E-state index in [-0.39, 0.29) is 5.91 Å². The summed E-state index contributed by atoms with van der Waals surface area (Å²) in [5.74, 6) is -3.45. The van der Waals surface area contributed by atoms with Gasteiger partial charge in [-0.25, -0.2) is 9.82 Å². The van der Waals surface area contributed by atoms with E-state index in [0.29, 0.717) is 11.3 Å². The fraction of sp³-hybridized carbons (Fsp3) is 0.158. The van der Waals surface area contributed by atoms with E-state index in [2.05, 4.69) is 10.5 Å². The van der Waals surface area contributed by atoms with Crippen LogP contribution in [0.25, 0.3) is 0 Å². The number of nitrogens with zero attached hydrogens (tertiary/aromatic N) is 3. The van der Waals surface area contributed by atoms with E-state index in [1.54, 1.807) is 0 Å². The average Bonchev–Trinajstić information content (AvgIpc) is 3.02. The van der Waals surface area contributed by atoms with Crippen molar-refractivity contribution >= 4 is 11.6 Å². The maximum Gasteiger partial charge on any atom is 0.250 e. The van der Waals surface area contributed by atoms with Gasteiger partial charge in [0.15, 0.2) is 0 Å².